The van der Waals surface area contributed by atoms with Crippen molar-refractivity contribution < 1.29 is 4.79 Å². The topological polar surface area (TPSA) is 46.4 Å². The van der Waals surface area contributed by atoms with Crippen molar-refractivity contribution in [1.29, 1.82) is 0 Å². The van der Waals surface area contributed by atoms with Gasteiger partial charge in [0.2, 0.25) is 5.91 Å². The van der Waals surface area contributed by atoms with E-state index in [4.69, 9.17) is 0 Å². The Hall–Kier alpha value is -1.84. The van der Waals surface area contributed by atoms with Gasteiger partial charge in [0.25, 0.3) is 0 Å². The molecule has 4 nitrogen and oxygen atoms in total. The van der Waals surface area contributed by atoms with Crippen LogP contribution in [0.25, 0.3) is 5.65 Å². The molecule has 0 fully saturated rings. The highest BCUT2D eigenvalue weighted by molar-refractivity contribution is 5.75. The van der Waals surface area contributed by atoms with Crippen LogP contribution < -0.4 is 5.32 Å². The third-order valence-corrected chi connectivity index (χ3v) is 2.36. The molecule has 4 heteroatoms. The van der Waals surface area contributed by atoms with E-state index in [1.165, 1.54) is 0 Å². The maximum atomic E-state index is 11.3. The first-order valence-corrected chi connectivity index (χ1v) is 5.49. The molecular formula is C12H15N3O. The number of fused-ring (bicyclic) bond motifs is 1. The van der Waals surface area contributed by atoms with Crippen LogP contribution >= 0.6 is 0 Å². The molecule has 2 aromatic rings. The van der Waals surface area contributed by atoms with Crippen LogP contribution in [0.5, 0.6) is 0 Å². The van der Waals surface area contributed by atoms with Gasteiger partial charge in [0.1, 0.15) is 5.65 Å². The molecule has 84 valence electrons. The smallest absolute Gasteiger partial charge is 0.220 e. The molecule has 2 rings (SSSR count). The van der Waals surface area contributed by atoms with Gasteiger partial charge >= 0.3 is 0 Å². The summed E-state index contributed by atoms with van der Waals surface area (Å²) in [7, 11) is 0. The molecule has 0 aliphatic rings. The third-order valence-electron chi connectivity index (χ3n) is 2.36. The molecule has 0 aromatic carbocycles. The second-order valence-electron chi connectivity index (χ2n) is 3.73. The largest absolute Gasteiger partial charge is 0.350 e. The summed E-state index contributed by atoms with van der Waals surface area (Å²) in [5.74, 6) is 0.0829. The fourth-order valence-electron chi connectivity index (χ4n) is 1.58. The molecule has 0 aliphatic carbocycles. The van der Waals surface area contributed by atoms with Gasteiger partial charge in [-0.2, -0.15) is 0 Å². The quantitative estimate of drug-likeness (QED) is 0.848. The number of nitrogens with zero attached hydrogens (tertiary/aromatic N) is 2. The zero-order valence-electron chi connectivity index (χ0n) is 9.31. The van der Waals surface area contributed by atoms with Gasteiger partial charge in [-0.1, -0.05) is 13.0 Å². The second-order valence-corrected chi connectivity index (χ2v) is 3.73. The Morgan fingerprint density at radius 1 is 1.50 bits per heavy atom. The van der Waals surface area contributed by atoms with Gasteiger partial charge in [0.05, 0.1) is 12.2 Å². The Morgan fingerprint density at radius 3 is 3.12 bits per heavy atom. The predicted octanol–water partition coefficient (Wildman–Crippen LogP) is 1.75. The van der Waals surface area contributed by atoms with Crippen LogP contribution in [0, 0.1) is 0 Å². The minimum Gasteiger partial charge on any atom is -0.350 e. The van der Waals surface area contributed by atoms with Crippen molar-refractivity contribution in [2.75, 3.05) is 0 Å². The Kier molecular flexibility index (Phi) is 3.19. The summed E-state index contributed by atoms with van der Waals surface area (Å²) in [6, 6.07) is 5.84. The molecule has 0 atom stereocenters. The minimum atomic E-state index is 0.0829. The van der Waals surface area contributed by atoms with Gasteiger partial charge in [0, 0.05) is 18.8 Å². The highest BCUT2D eigenvalue weighted by atomic mass is 16.1. The fraction of sp³-hybridized carbons (Fsp3) is 0.333. The molecule has 16 heavy (non-hydrogen) atoms. The number of carbonyl (C=O) groups excluding carboxylic acids is 1. The van der Waals surface area contributed by atoms with Crippen LogP contribution in [-0.2, 0) is 11.3 Å². The van der Waals surface area contributed by atoms with Gasteiger partial charge in [-0.15, -0.1) is 0 Å². The van der Waals surface area contributed by atoms with E-state index in [1.807, 2.05) is 41.9 Å². The molecule has 0 saturated heterocycles. The number of carbonyl (C=O) groups is 1. The van der Waals surface area contributed by atoms with Crippen LogP contribution in [0.3, 0.4) is 0 Å². The summed E-state index contributed by atoms with van der Waals surface area (Å²) in [6.07, 6.45) is 5.33. The molecule has 1 amide bonds. The van der Waals surface area contributed by atoms with Crippen LogP contribution in [0.1, 0.15) is 25.5 Å². The van der Waals surface area contributed by atoms with Gasteiger partial charge < -0.3 is 9.72 Å². The standard InChI is InChI=1S/C12H15N3O/c1-2-5-12(16)13-8-10-9-15-7-4-3-6-11(15)14-10/h3-4,6-7,9H,2,5,8H2,1H3,(H,13,16). The Morgan fingerprint density at radius 2 is 2.38 bits per heavy atom. The SMILES string of the molecule is CCCC(=O)NCc1cn2ccccc2n1. The number of hydrogen-bond donors (Lipinski definition) is 1. The van der Waals surface area contributed by atoms with Gasteiger partial charge in [0.15, 0.2) is 0 Å². The lowest BCUT2D eigenvalue weighted by Crippen LogP contribution is -2.22. The number of amides is 1. The van der Waals surface area contributed by atoms with Gasteiger partial charge in [-0.3, -0.25) is 4.79 Å². The van der Waals surface area contributed by atoms with Crippen molar-refractivity contribution >= 4 is 11.6 Å². The van der Waals surface area contributed by atoms with E-state index in [1.54, 1.807) is 0 Å². The fourth-order valence-corrected chi connectivity index (χ4v) is 1.58. The highest BCUT2D eigenvalue weighted by Gasteiger charge is 2.03. The first kappa shape index (κ1) is 10.7. The zero-order valence-corrected chi connectivity index (χ0v) is 9.31. The Labute approximate surface area is 94.3 Å². The molecular weight excluding hydrogens is 202 g/mol. The number of aromatic nitrogens is 2. The molecule has 2 heterocycles. The summed E-state index contributed by atoms with van der Waals surface area (Å²) in [5, 5.41) is 2.85. The van der Waals surface area contributed by atoms with Crippen molar-refractivity contribution in [3.63, 3.8) is 0 Å². The van der Waals surface area contributed by atoms with Crippen molar-refractivity contribution in [3.8, 4) is 0 Å². The highest BCUT2D eigenvalue weighted by Crippen LogP contribution is 2.04. The van der Waals surface area contributed by atoms with E-state index in [-0.39, 0.29) is 5.91 Å². The number of nitrogens with one attached hydrogen (secondary N) is 1. The average molecular weight is 217 g/mol. The lowest BCUT2D eigenvalue weighted by atomic mass is 10.3. The van der Waals surface area contributed by atoms with Crippen LogP contribution in [-0.4, -0.2) is 15.3 Å². The van der Waals surface area contributed by atoms with Gasteiger partial charge in [-0.25, -0.2) is 4.98 Å². The normalized spacial score (nSPS) is 10.6. The second kappa shape index (κ2) is 4.79. The van der Waals surface area contributed by atoms with E-state index in [9.17, 15) is 4.79 Å². The Bertz CT molecular complexity index is 457. The lowest BCUT2D eigenvalue weighted by Gasteiger charge is -2.00. The Balaban J connectivity index is 2.02. The maximum Gasteiger partial charge on any atom is 0.220 e. The van der Waals surface area contributed by atoms with Crippen LogP contribution in [0.15, 0.2) is 30.6 Å². The third kappa shape index (κ3) is 2.39. The first-order valence-electron chi connectivity index (χ1n) is 5.49. The number of hydrogen-bond acceptors (Lipinski definition) is 2. The molecule has 0 unspecified atom stereocenters. The van der Waals surface area contributed by atoms with E-state index in [0.29, 0.717) is 13.0 Å². The van der Waals surface area contributed by atoms with Crippen molar-refractivity contribution in [2.24, 2.45) is 0 Å². The molecule has 1 N–H and O–H groups in total. The van der Waals surface area contributed by atoms with Crippen molar-refractivity contribution in [3.05, 3.63) is 36.3 Å². The van der Waals surface area contributed by atoms with E-state index >= 15 is 0 Å². The summed E-state index contributed by atoms with van der Waals surface area (Å²) in [5.41, 5.74) is 1.79. The average Bonchev–Trinajstić information content (AvgIpc) is 2.69. The van der Waals surface area contributed by atoms with Crippen molar-refractivity contribution in [1.82, 2.24) is 14.7 Å². The van der Waals surface area contributed by atoms with Crippen LogP contribution in [0.2, 0.25) is 0 Å². The molecule has 0 radical (unpaired) electrons. The number of pyridine rings is 1. The molecule has 0 bridgehead atoms. The monoisotopic (exact) mass is 217 g/mol. The lowest BCUT2D eigenvalue weighted by molar-refractivity contribution is -0.121. The molecule has 0 spiro atoms. The molecule has 2 aromatic heterocycles. The predicted molar refractivity (Wildman–Crippen MR) is 61.9 cm³/mol. The summed E-state index contributed by atoms with van der Waals surface area (Å²) < 4.78 is 1.95. The molecule has 0 aliphatic heterocycles. The van der Waals surface area contributed by atoms with Crippen molar-refractivity contribution in [2.45, 2.75) is 26.3 Å². The van der Waals surface area contributed by atoms with E-state index in [0.717, 1.165) is 17.8 Å². The summed E-state index contributed by atoms with van der Waals surface area (Å²) in [4.78, 5) is 15.7. The van der Waals surface area contributed by atoms with Crippen LogP contribution in [0.4, 0.5) is 0 Å². The zero-order chi connectivity index (χ0) is 11.4. The van der Waals surface area contributed by atoms with Gasteiger partial charge in [-0.05, 0) is 18.6 Å². The van der Waals surface area contributed by atoms with E-state index in [2.05, 4.69) is 10.3 Å². The summed E-state index contributed by atoms with van der Waals surface area (Å²) >= 11 is 0. The summed E-state index contributed by atoms with van der Waals surface area (Å²) in [6.45, 7) is 2.49. The molecule has 0 saturated carbocycles. The van der Waals surface area contributed by atoms with E-state index < -0.39 is 0 Å². The minimum absolute atomic E-state index is 0.0829. The first-order chi connectivity index (χ1) is 7.79. The maximum absolute atomic E-state index is 11.3. The number of rotatable bonds is 4. The number of imidazole rings is 1.